The van der Waals surface area contributed by atoms with Gasteiger partial charge in [-0.25, -0.2) is 4.79 Å². The Morgan fingerprint density at radius 2 is 1.88 bits per heavy atom. The number of nitrogens with zero attached hydrogens (tertiary/aromatic N) is 1. The van der Waals surface area contributed by atoms with Gasteiger partial charge < -0.3 is 24.3 Å². The minimum Gasteiger partial charge on any atom is -0.493 e. The third-order valence-electron chi connectivity index (χ3n) is 4.73. The van der Waals surface area contributed by atoms with E-state index in [0.29, 0.717) is 28.5 Å². The van der Waals surface area contributed by atoms with Gasteiger partial charge in [0.1, 0.15) is 24.0 Å². The highest BCUT2D eigenvalue weighted by atomic mass is 16.5. The van der Waals surface area contributed by atoms with Crippen molar-refractivity contribution in [1.29, 1.82) is 5.26 Å². The van der Waals surface area contributed by atoms with E-state index in [4.69, 9.17) is 19.0 Å². The molecule has 2 N–H and O–H groups in total. The molecule has 0 aliphatic rings. The fourth-order valence-corrected chi connectivity index (χ4v) is 2.95. The number of rotatable bonds is 9. The van der Waals surface area contributed by atoms with Crippen LogP contribution < -0.4 is 14.8 Å². The molecular weight excluding hydrogens is 424 g/mol. The van der Waals surface area contributed by atoms with Crippen LogP contribution in [-0.2, 0) is 17.8 Å². The lowest BCUT2D eigenvalue weighted by molar-refractivity contribution is -0.112. The molecule has 0 aliphatic heterocycles. The number of carboxylic acid groups (broad SMARTS) is 1. The van der Waals surface area contributed by atoms with Crippen molar-refractivity contribution in [3.05, 3.63) is 82.8 Å². The van der Waals surface area contributed by atoms with Crippen LogP contribution in [0, 0.1) is 11.3 Å². The summed E-state index contributed by atoms with van der Waals surface area (Å²) in [5, 5.41) is 21.1. The average Bonchev–Trinajstić information content (AvgIpc) is 3.31. The maximum absolute atomic E-state index is 12.5. The molecule has 0 fully saturated rings. The van der Waals surface area contributed by atoms with Crippen LogP contribution in [0.15, 0.2) is 64.6 Å². The van der Waals surface area contributed by atoms with Gasteiger partial charge in [-0.1, -0.05) is 25.1 Å². The lowest BCUT2D eigenvalue weighted by Crippen LogP contribution is -2.13. The van der Waals surface area contributed by atoms with Gasteiger partial charge in [-0.05, 0) is 60.0 Å². The average molecular weight is 446 g/mol. The van der Waals surface area contributed by atoms with E-state index in [1.54, 1.807) is 30.3 Å². The molecule has 0 unspecified atom stereocenters. The van der Waals surface area contributed by atoms with Crippen LogP contribution in [0.2, 0.25) is 0 Å². The first-order valence-corrected chi connectivity index (χ1v) is 10.1. The number of nitriles is 1. The Hall–Kier alpha value is -4.51. The summed E-state index contributed by atoms with van der Waals surface area (Å²) in [4.78, 5) is 23.4. The number of aryl methyl sites for hydroxylation is 1. The number of carboxylic acids is 1. The molecule has 33 heavy (non-hydrogen) atoms. The number of hydrogen-bond acceptors (Lipinski definition) is 6. The van der Waals surface area contributed by atoms with E-state index in [1.807, 2.05) is 25.1 Å². The van der Waals surface area contributed by atoms with Gasteiger partial charge in [0.05, 0.1) is 7.11 Å². The number of aromatic carboxylic acids is 1. The zero-order valence-electron chi connectivity index (χ0n) is 18.1. The molecule has 1 amide bonds. The molecule has 2 aromatic carbocycles. The molecule has 8 heteroatoms. The minimum atomic E-state index is -1.16. The van der Waals surface area contributed by atoms with Crippen LogP contribution in [-0.4, -0.2) is 24.1 Å². The van der Waals surface area contributed by atoms with Crippen LogP contribution in [0.5, 0.6) is 11.5 Å². The van der Waals surface area contributed by atoms with E-state index in [-0.39, 0.29) is 17.9 Å². The Morgan fingerprint density at radius 1 is 1.12 bits per heavy atom. The number of methoxy groups -OCH3 is 1. The highest BCUT2D eigenvalue weighted by Crippen LogP contribution is 2.30. The molecule has 0 bridgehead atoms. The van der Waals surface area contributed by atoms with E-state index in [1.165, 1.54) is 25.3 Å². The number of carbonyl (C=O) groups excluding carboxylic acids is 1. The summed E-state index contributed by atoms with van der Waals surface area (Å²) in [5.74, 6) is -0.750. The third-order valence-corrected chi connectivity index (χ3v) is 4.73. The van der Waals surface area contributed by atoms with Gasteiger partial charge in [0, 0.05) is 5.69 Å². The fraction of sp³-hybridized carbons (Fsp3) is 0.160. The second-order valence-corrected chi connectivity index (χ2v) is 6.94. The Bertz CT molecular complexity index is 1220. The molecule has 3 aromatic rings. The van der Waals surface area contributed by atoms with Crippen LogP contribution >= 0.6 is 0 Å². The van der Waals surface area contributed by atoms with Gasteiger partial charge in [-0.3, -0.25) is 4.79 Å². The standard InChI is InChI=1S/C25H22N2O6/c1-3-16-4-7-19(8-5-16)27-24(28)18(14-26)12-17-6-10-21(23(13-17)31-2)32-15-20-9-11-22(33-20)25(29)30/h4-13H,3,15H2,1-2H3,(H,27,28)(H,29,30)/b18-12-. The molecule has 1 heterocycles. The zero-order valence-corrected chi connectivity index (χ0v) is 18.1. The van der Waals surface area contributed by atoms with Crippen LogP contribution in [0.25, 0.3) is 6.08 Å². The molecule has 168 valence electrons. The van der Waals surface area contributed by atoms with Gasteiger partial charge in [-0.15, -0.1) is 0 Å². The Kier molecular flexibility index (Phi) is 7.50. The summed E-state index contributed by atoms with van der Waals surface area (Å²) >= 11 is 0. The van der Waals surface area contributed by atoms with Gasteiger partial charge in [-0.2, -0.15) is 5.26 Å². The van der Waals surface area contributed by atoms with Crippen molar-refractivity contribution in [2.24, 2.45) is 0 Å². The topological polar surface area (TPSA) is 122 Å². The van der Waals surface area contributed by atoms with Crippen molar-refractivity contribution in [3.63, 3.8) is 0 Å². The van der Waals surface area contributed by atoms with E-state index in [9.17, 15) is 14.9 Å². The maximum Gasteiger partial charge on any atom is 0.371 e. The van der Waals surface area contributed by atoms with E-state index in [0.717, 1.165) is 12.0 Å². The van der Waals surface area contributed by atoms with Crippen molar-refractivity contribution in [1.82, 2.24) is 0 Å². The number of nitrogens with one attached hydrogen (secondary N) is 1. The first-order chi connectivity index (χ1) is 15.9. The van der Waals surface area contributed by atoms with Crippen LogP contribution in [0.3, 0.4) is 0 Å². The van der Waals surface area contributed by atoms with Gasteiger partial charge >= 0.3 is 5.97 Å². The number of amides is 1. The molecule has 3 rings (SSSR count). The lowest BCUT2D eigenvalue weighted by Gasteiger charge is -2.11. The molecule has 0 spiro atoms. The second kappa shape index (κ2) is 10.7. The summed E-state index contributed by atoms with van der Waals surface area (Å²) in [6, 6.07) is 17.1. The number of ether oxygens (including phenoxy) is 2. The van der Waals surface area contributed by atoms with Crippen molar-refractivity contribution in [3.8, 4) is 17.6 Å². The first-order valence-electron chi connectivity index (χ1n) is 10.1. The van der Waals surface area contributed by atoms with Gasteiger partial charge in [0.25, 0.3) is 5.91 Å². The van der Waals surface area contributed by atoms with E-state index >= 15 is 0 Å². The Balaban J connectivity index is 1.72. The smallest absolute Gasteiger partial charge is 0.371 e. The monoisotopic (exact) mass is 446 g/mol. The molecule has 1 aromatic heterocycles. The Morgan fingerprint density at radius 3 is 2.48 bits per heavy atom. The molecule has 0 aliphatic carbocycles. The number of furan rings is 1. The molecule has 0 radical (unpaired) electrons. The molecule has 0 saturated heterocycles. The second-order valence-electron chi connectivity index (χ2n) is 6.94. The summed E-state index contributed by atoms with van der Waals surface area (Å²) < 4.78 is 16.2. The van der Waals surface area contributed by atoms with E-state index in [2.05, 4.69) is 5.32 Å². The van der Waals surface area contributed by atoms with Crippen molar-refractivity contribution in [2.45, 2.75) is 20.0 Å². The lowest BCUT2D eigenvalue weighted by atomic mass is 10.1. The summed E-state index contributed by atoms with van der Waals surface area (Å²) in [7, 11) is 1.46. The van der Waals surface area contributed by atoms with Gasteiger partial charge in [0.15, 0.2) is 11.5 Å². The van der Waals surface area contributed by atoms with E-state index < -0.39 is 11.9 Å². The predicted octanol–water partition coefficient (Wildman–Crippen LogP) is 4.67. The molecular formula is C25H22N2O6. The Labute approximate surface area is 190 Å². The number of benzene rings is 2. The highest BCUT2D eigenvalue weighted by molar-refractivity contribution is 6.09. The zero-order chi connectivity index (χ0) is 23.8. The van der Waals surface area contributed by atoms with Crippen molar-refractivity contribution >= 4 is 23.6 Å². The normalized spacial score (nSPS) is 10.9. The summed E-state index contributed by atoms with van der Waals surface area (Å²) in [6.07, 6.45) is 2.34. The van der Waals surface area contributed by atoms with Crippen molar-refractivity contribution < 1.29 is 28.6 Å². The third kappa shape index (κ3) is 6.02. The van der Waals surface area contributed by atoms with Gasteiger partial charge in [0.2, 0.25) is 5.76 Å². The minimum absolute atomic E-state index is 0.00149. The van der Waals surface area contributed by atoms with Crippen LogP contribution in [0.4, 0.5) is 5.69 Å². The quantitative estimate of drug-likeness (QED) is 0.362. The number of anilines is 1. The largest absolute Gasteiger partial charge is 0.493 e. The SMILES string of the molecule is CCc1ccc(NC(=O)/C(C#N)=C\c2ccc(OCc3ccc(C(=O)O)o3)c(OC)c2)cc1. The molecule has 8 nitrogen and oxygen atoms in total. The molecule has 0 atom stereocenters. The highest BCUT2D eigenvalue weighted by Gasteiger charge is 2.13. The predicted molar refractivity (Wildman–Crippen MR) is 121 cm³/mol. The summed E-state index contributed by atoms with van der Waals surface area (Å²) in [6.45, 7) is 2.04. The first kappa shape index (κ1) is 23.2. The van der Waals surface area contributed by atoms with Crippen LogP contribution in [0.1, 0.15) is 34.4 Å². The summed E-state index contributed by atoms with van der Waals surface area (Å²) in [5.41, 5.74) is 2.25. The maximum atomic E-state index is 12.5. The number of hydrogen-bond donors (Lipinski definition) is 2. The number of carbonyl (C=O) groups is 2. The van der Waals surface area contributed by atoms with Crippen molar-refractivity contribution in [2.75, 3.05) is 12.4 Å². The fourth-order valence-electron chi connectivity index (χ4n) is 2.95. The molecule has 0 saturated carbocycles.